The van der Waals surface area contributed by atoms with E-state index in [1.165, 1.54) is 0 Å². The summed E-state index contributed by atoms with van der Waals surface area (Å²) in [6, 6.07) is 5.63. The number of anilines is 1. The summed E-state index contributed by atoms with van der Waals surface area (Å²) < 4.78 is 0. The molecule has 0 aliphatic heterocycles. The molecule has 1 rings (SSSR count). The number of carbonyl (C=O) groups excluding carboxylic acids is 2. The lowest BCUT2D eigenvalue weighted by Gasteiger charge is -2.11. The highest BCUT2D eigenvalue weighted by Crippen LogP contribution is 2.15. The van der Waals surface area contributed by atoms with Gasteiger partial charge in [0.1, 0.15) is 0 Å². The Labute approximate surface area is 120 Å². The van der Waals surface area contributed by atoms with Crippen molar-refractivity contribution in [1.82, 2.24) is 10.6 Å². The summed E-state index contributed by atoms with van der Waals surface area (Å²) in [5.41, 5.74) is 2.91. The molecule has 3 N–H and O–H groups in total. The Morgan fingerprint density at radius 1 is 1.10 bits per heavy atom. The second kappa shape index (κ2) is 7.53. The summed E-state index contributed by atoms with van der Waals surface area (Å²) in [7, 11) is 0. The fourth-order valence-corrected chi connectivity index (χ4v) is 1.60. The zero-order valence-electron chi connectivity index (χ0n) is 12.5. The quantitative estimate of drug-likeness (QED) is 0.722. The molecule has 5 heteroatoms. The monoisotopic (exact) mass is 277 g/mol. The Morgan fingerprint density at radius 2 is 1.75 bits per heavy atom. The van der Waals surface area contributed by atoms with Crippen molar-refractivity contribution in [1.29, 1.82) is 0 Å². The normalized spacial score (nSPS) is 10.2. The van der Waals surface area contributed by atoms with Crippen LogP contribution in [0.15, 0.2) is 18.2 Å². The highest BCUT2D eigenvalue weighted by molar-refractivity contribution is 5.90. The fourth-order valence-electron chi connectivity index (χ4n) is 1.60. The second-order valence-electron chi connectivity index (χ2n) is 5.15. The molecule has 0 aromatic heterocycles. The van der Waals surface area contributed by atoms with Gasteiger partial charge in [-0.05, 0) is 31.0 Å². The van der Waals surface area contributed by atoms with Crippen LogP contribution in [-0.4, -0.2) is 25.0 Å². The molecule has 3 amide bonds. The van der Waals surface area contributed by atoms with Crippen molar-refractivity contribution in [3.8, 4) is 0 Å². The first-order chi connectivity index (χ1) is 9.40. The van der Waals surface area contributed by atoms with Crippen LogP contribution in [0.2, 0.25) is 0 Å². The van der Waals surface area contributed by atoms with E-state index in [0.717, 1.165) is 16.8 Å². The molecule has 0 fully saturated rings. The van der Waals surface area contributed by atoms with Crippen LogP contribution in [0.5, 0.6) is 0 Å². The zero-order chi connectivity index (χ0) is 15.1. The van der Waals surface area contributed by atoms with Crippen molar-refractivity contribution >= 4 is 17.6 Å². The highest BCUT2D eigenvalue weighted by atomic mass is 16.2. The number of aryl methyl sites for hydroxylation is 2. The highest BCUT2D eigenvalue weighted by Gasteiger charge is 2.06. The number of nitrogens with one attached hydrogen (secondary N) is 3. The molecule has 0 heterocycles. The summed E-state index contributed by atoms with van der Waals surface area (Å²) in [5.74, 6) is -0.0551. The Bertz CT molecular complexity index is 484. The molecule has 20 heavy (non-hydrogen) atoms. The molecule has 0 saturated heterocycles. The van der Waals surface area contributed by atoms with Gasteiger partial charge in [-0.25, -0.2) is 4.79 Å². The Balaban J connectivity index is 2.34. The molecule has 0 aliphatic carbocycles. The number of hydrogen-bond donors (Lipinski definition) is 3. The Hall–Kier alpha value is -2.04. The minimum atomic E-state index is -0.266. The summed E-state index contributed by atoms with van der Waals surface area (Å²) in [5, 5.41) is 8.25. The van der Waals surface area contributed by atoms with Crippen molar-refractivity contribution in [2.24, 2.45) is 5.92 Å². The lowest BCUT2D eigenvalue weighted by molar-refractivity contribution is -0.123. The van der Waals surface area contributed by atoms with E-state index in [4.69, 9.17) is 0 Å². The average Bonchev–Trinajstić information content (AvgIpc) is 2.38. The van der Waals surface area contributed by atoms with Crippen LogP contribution in [0.1, 0.15) is 25.0 Å². The van der Waals surface area contributed by atoms with Crippen molar-refractivity contribution in [2.75, 3.05) is 18.4 Å². The van der Waals surface area contributed by atoms with E-state index in [2.05, 4.69) is 16.0 Å². The summed E-state index contributed by atoms with van der Waals surface area (Å²) >= 11 is 0. The third kappa shape index (κ3) is 5.30. The van der Waals surface area contributed by atoms with E-state index >= 15 is 0 Å². The molecule has 5 nitrogen and oxygen atoms in total. The predicted octanol–water partition coefficient (Wildman–Crippen LogP) is 2.20. The smallest absolute Gasteiger partial charge is 0.319 e. The lowest BCUT2D eigenvalue weighted by Crippen LogP contribution is -2.38. The molecular weight excluding hydrogens is 254 g/mol. The SMILES string of the molecule is Cc1ccc(C)c(NC(=O)NCCNC(=O)C(C)C)c1. The maximum atomic E-state index is 11.7. The largest absolute Gasteiger partial charge is 0.354 e. The van der Waals surface area contributed by atoms with Crippen LogP contribution in [0.25, 0.3) is 0 Å². The maximum absolute atomic E-state index is 11.7. The van der Waals surface area contributed by atoms with Gasteiger partial charge in [0.05, 0.1) is 0 Å². The van der Waals surface area contributed by atoms with Gasteiger partial charge in [0, 0.05) is 24.7 Å². The number of amides is 3. The average molecular weight is 277 g/mol. The molecule has 0 radical (unpaired) electrons. The standard InChI is InChI=1S/C15H23N3O2/c1-10(2)14(19)16-7-8-17-15(20)18-13-9-11(3)5-6-12(13)4/h5-6,9-10H,7-8H2,1-4H3,(H,16,19)(H2,17,18,20). The van der Waals surface area contributed by atoms with Crippen LogP contribution in [0.3, 0.4) is 0 Å². The van der Waals surface area contributed by atoms with E-state index in [-0.39, 0.29) is 17.9 Å². The first kappa shape index (κ1) is 16.0. The fraction of sp³-hybridized carbons (Fsp3) is 0.467. The molecule has 0 atom stereocenters. The van der Waals surface area contributed by atoms with Gasteiger partial charge < -0.3 is 16.0 Å². The van der Waals surface area contributed by atoms with Crippen LogP contribution in [0, 0.1) is 19.8 Å². The third-order valence-electron chi connectivity index (χ3n) is 2.88. The number of hydrogen-bond acceptors (Lipinski definition) is 2. The van der Waals surface area contributed by atoms with Crippen molar-refractivity contribution in [3.05, 3.63) is 29.3 Å². The maximum Gasteiger partial charge on any atom is 0.319 e. The number of benzene rings is 1. The topological polar surface area (TPSA) is 70.2 Å². The molecule has 1 aromatic rings. The molecule has 0 aliphatic rings. The van der Waals surface area contributed by atoms with Gasteiger partial charge in [-0.15, -0.1) is 0 Å². The van der Waals surface area contributed by atoms with Gasteiger partial charge >= 0.3 is 6.03 Å². The Kier molecular flexibility index (Phi) is 6.03. The van der Waals surface area contributed by atoms with Gasteiger partial charge in [-0.3, -0.25) is 4.79 Å². The molecule has 1 aromatic carbocycles. The molecule has 0 spiro atoms. The van der Waals surface area contributed by atoms with Crippen molar-refractivity contribution in [2.45, 2.75) is 27.7 Å². The van der Waals surface area contributed by atoms with Gasteiger partial charge in [0.25, 0.3) is 0 Å². The van der Waals surface area contributed by atoms with Gasteiger partial charge in [-0.1, -0.05) is 26.0 Å². The molecule has 110 valence electrons. The first-order valence-corrected chi connectivity index (χ1v) is 6.80. The zero-order valence-corrected chi connectivity index (χ0v) is 12.5. The van der Waals surface area contributed by atoms with Crippen LogP contribution in [0.4, 0.5) is 10.5 Å². The van der Waals surface area contributed by atoms with Crippen molar-refractivity contribution in [3.63, 3.8) is 0 Å². The number of carbonyl (C=O) groups is 2. The third-order valence-corrected chi connectivity index (χ3v) is 2.88. The number of urea groups is 1. The van der Waals surface area contributed by atoms with Gasteiger partial charge in [0.15, 0.2) is 0 Å². The second-order valence-corrected chi connectivity index (χ2v) is 5.15. The van der Waals surface area contributed by atoms with E-state index in [1.54, 1.807) is 0 Å². The summed E-state index contributed by atoms with van der Waals surface area (Å²) in [6.45, 7) is 8.40. The first-order valence-electron chi connectivity index (χ1n) is 6.80. The predicted molar refractivity (Wildman–Crippen MR) is 80.8 cm³/mol. The Morgan fingerprint density at radius 3 is 2.40 bits per heavy atom. The summed E-state index contributed by atoms with van der Waals surface area (Å²) in [4.78, 5) is 23.0. The summed E-state index contributed by atoms with van der Waals surface area (Å²) in [6.07, 6.45) is 0. The van der Waals surface area contributed by atoms with Gasteiger partial charge in [0.2, 0.25) is 5.91 Å². The molecule has 0 unspecified atom stereocenters. The van der Waals surface area contributed by atoms with Crippen LogP contribution < -0.4 is 16.0 Å². The van der Waals surface area contributed by atoms with Crippen LogP contribution >= 0.6 is 0 Å². The van der Waals surface area contributed by atoms with E-state index in [0.29, 0.717) is 13.1 Å². The minimum absolute atomic E-state index is 0.0123. The number of rotatable bonds is 5. The lowest BCUT2D eigenvalue weighted by atomic mass is 10.1. The minimum Gasteiger partial charge on any atom is -0.354 e. The van der Waals surface area contributed by atoms with E-state index in [9.17, 15) is 9.59 Å². The van der Waals surface area contributed by atoms with Gasteiger partial charge in [-0.2, -0.15) is 0 Å². The van der Waals surface area contributed by atoms with E-state index in [1.807, 2.05) is 45.9 Å². The molecule has 0 bridgehead atoms. The molecule has 0 saturated carbocycles. The van der Waals surface area contributed by atoms with Crippen LogP contribution in [-0.2, 0) is 4.79 Å². The van der Waals surface area contributed by atoms with E-state index < -0.39 is 0 Å². The molecular formula is C15H23N3O2. The van der Waals surface area contributed by atoms with Crippen molar-refractivity contribution < 1.29 is 9.59 Å².